The predicted octanol–water partition coefficient (Wildman–Crippen LogP) is 2.46. The van der Waals surface area contributed by atoms with Gasteiger partial charge in [0.2, 0.25) is 5.91 Å². The zero-order chi connectivity index (χ0) is 21.2. The van der Waals surface area contributed by atoms with Gasteiger partial charge < -0.3 is 32.0 Å². The highest BCUT2D eigenvalue weighted by Gasteiger charge is 2.06. The lowest BCUT2D eigenvalue weighted by molar-refractivity contribution is -0.116. The molecular weight excluding hydrogens is 368 g/mol. The van der Waals surface area contributed by atoms with E-state index < -0.39 is 0 Å². The van der Waals surface area contributed by atoms with Crippen molar-refractivity contribution in [3.05, 3.63) is 65.9 Å². The molecule has 2 rings (SSSR count). The van der Waals surface area contributed by atoms with Crippen LogP contribution in [0.25, 0.3) is 5.57 Å². The van der Waals surface area contributed by atoms with Crippen LogP contribution in [0.5, 0.6) is 0 Å². The lowest BCUT2D eigenvalue weighted by Gasteiger charge is -2.12. The molecule has 0 spiro atoms. The molecule has 0 aromatic heterocycles. The molecule has 0 radical (unpaired) electrons. The summed E-state index contributed by atoms with van der Waals surface area (Å²) in [6.45, 7) is 0.612. The summed E-state index contributed by atoms with van der Waals surface area (Å²) in [7, 11) is 3.65. The van der Waals surface area contributed by atoms with E-state index in [1.54, 1.807) is 35.2 Å². The Morgan fingerprint density at radius 1 is 1.07 bits per heavy atom. The average molecular weight is 394 g/mol. The van der Waals surface area contributed by atoms with Gasteiger partial charge in [-0.25, -0.2) is 4.79 Å². The molecule has 0 fully saturated rings. The van der Waals surface area contributed by atoms with Gasteiger partial charge in [-0.1, -0.05) is 24.3 Å². The molecule has 8 nitrogen and oxygen atoms in total. The lowest BCUT2D eigenvalue weighted by Crippen LogP contribution is -2.28. The summed E-state index contributed by atoms with van der Waals surface area (Å²) in [5.74, 6) is -0.100. The Morgan fingerprint density at radius 2 is 1.79 bits per heavy atom. The average Bonchev–Trinajstić information content (AvgIpc) is 2.68. The van der Waals surface area contributed by atoms with Crippen molar-refractivity contribution < 1.29 is 9.59 Å². The molecule has 0 atom stereocenters. The second-order valence-corrected chi connectivity index (χ2v) is 6.64. The number of allylic oxidation sites excluding steroid dienone is 1. The van der Waals surface area contributed by atoms with E-state index in [2.05, 4.69) is 16.0 Å². The molecule has 152 valence electrons. The van der Waals surface area contributed by atoms with Gasteiger partial charge in [0, 0.05) is 35.9 Å². The highest BCUT2D eigenvalue weighted by Crippen LogP contribution is 2.15. The van der Waals surface area contributed by atoms with Gasteiger partial charge in [-0.05, 0) is 49.5 Å². The topological polar surface area (TPSA) is 123 Å². The van der Waals surface area contributed by atoms with Gasteiger partial charge in [0.1, 0.15) is 0 Å². The van der Waals surface area contributed by atoms with E-state index in [-0.39, 0.29) is 11.9 Å². The van der Waals surface area contributed by atoms with Crippen LogP contribution in [0.4, 0.5) is 16.2 Å². The van der Waals surface area contributed by atoms with Crippen LogP contribution >= 0.6 is 0 Å². The van der Waals surface area contributed by atoms with Crippen LogP contribution in [0.15, 0.2) is 54.7 Å². The molecule has 2 aromatic carbocycles. The van der Waals surface area contributed by atoms with E-state index in [0.717, 1.165) is 11.1 Å². The predicted molar refractivity (Wildman–Crippen MR) is 117 cm³/mol. The van der Waals surface area contributed by atoms with Gasteiger partial charge >= 0.3 is 6.03 Å². The van der Waals surface area contributed by atoms with Gasteiger partial charge in [-0.3, -0.25) is 4.79 Å². The summed E-state index contributed by atoms with van der Waals surface area (Å²) in [4.78, 5) is 25.8. The highest BCUT2D eigenvalue weighted by atomic mass is 16.2. The maximum Gasteiger partial charge on any atom is 0.319 e. The number of benzene rings is 2. The smallest absolute Gasteiger partial charge is 0.319 e. The Labute approximate surface area is 170 Å². The Morgan fingerprint density at radius 3 is 2.41 bits per heavy atom. The van der Waals surface area contributed by atoms with E-state index in [9.17, 15) is 9.59 Å². The van der Waals surface area contributed by atoms with Gasteiger partial charge in [0.25, 0.3) is 0 Å². The number of urea groups is 1. The van der Waals surface area contributed by atoms with Crippen molar-refractivity contribution in [1.82, 2.24) is 10.2 Å². The standard InChI is InChI=1S/C21H26N6O2/c1-27(2)14-20(28)25-19-5-3-4-15(10-19)13-24-21(29)26-18-8-6-16(7-9-18)17(11-22)12-23/h3-12,22H,13-14,23H2,1-2H3,(H,25,28)(H2,24,26,29)/b17-12+,22-11?. The van der Waals surface area contributed by atoms with Crippen molar-refractivity contribution in [2.24, 2.45) is 5.73 Å². The number of hydrogen-bond acceptors (Lipinski definition) is 5. The van der Waals surface area contributed by atoms with Crippen LogP contribution in [0, 0.1) is 5.41 Å². The Kier molecular flexibility index (Phi) is 7.93. The zero-order valence-corrected chi connectivity index (χ0v) is 16.5. The van der Waals surface area contributed by atoms with E-state index in [1.807, 2.05) is 32.3 Å². The maximum atomic E-state index is 12.1. The van der Waals surface area contributed by atoms with Crippen LogP contribution in [0.3, 0.4) is 0 Å². The van der Waals surface area contributed by atoms with E-state index >= 15 is 0 Å². The Hall–Kier alpha value is -3.65. The van der Waals surface area contributed by atoms with Crippen LogP contribution in [-0.4, -0.2) is 43.7 Å². The molecule has 29 heavy (non-hydrogen) atoms. The van der Waals surface area contributed by atoms with Crippen molar-refractivity contribution in [2.75, 3.05) is 31.3 Å². The molecule has 0 aliphatic carbocycles. The van der Waals surface area contributed by atoms with Gasteiger partial charge in [0.15, 0.2) is 0 Å². The maximum absolute atomic E-state index is 12.1. The molecular formula is C21H26N6O2. The summed E-state index contributed by atoms with van der Waals surface area (Å²) in [5, 5.41) is 15.7. The van der Waals surface area contributed by atoms with Crippen molar-refractivity contribution in [2.45, 2.75) is 6.54 Å². The molecule has 8 heteroatoms. The third-order valence-corrected chi connectivity index (χ3v) is 3.93. The number of carbonyl (C=O) groups is 2. The molecule has 2 aromatic rings. The SMILES string of the molecule is CN(C)CC(=O)Nc1cccc(CNC(=O)Nc2ccc(/C(C=N)=C/N)cc2)c1. The number of carbonyl (C=O) groups excluding carboxylic acids is 2. The number of nitrogens with zero attached hydrogens (tertiary/aromatic N) is 1. The van der Waals surface area contributed by atoms with E-state index in [0.29, 0.717) is 30.0 Å². The fraction of sp³-hybridized carbons (Fsp3) is 0.190. The molecule has 3 amide bonds. The number of rotatable bonds is 8. The third-order valence-electron chi connectivity index (χ3n) is 3.93. The first-order valence-electron chi connectivity index (χ1n) is 9.02. The second kappa shape index (κ2) is 10.6. The van der Waals surface area contributed by atoms with Gasteiger partial charge in [0.05, 0.1) is 6.54 Å². The molecule has 0 unspecified atom stereocenters. The van der Waals surface area contributed by atoms with E-state index in [1.165, 1.54) is 12.4 Å². The third kappa shape index (κ3) is 7.11. The minimum absolute atomic E-state index is 0.100. The first-order valence-corrected chi connectivity index (χ1v) is 9.02. The van der Waals surface area contributed by atoms with Crippen molar-refractivity contribution in [3.63, 3.8) is 0 Å². The minimum Gasteiger partial charge on any atom is -0.404 e. The number of hydrogen-bond donors (Lipinski definition) is 5. The van der Waals surface area contributed by atoms with Crippen LogP contribution in [-0.2, 0) is 11.3 Å². The molecule has 0 saturated carbocycles. The fourth-order valence-corrected chi connectivity index (χ4v) is 2.58. The number of anilines is 2. The van der Waals surface area contributed by atoms with Crippen molar-refractivity contribution in [3.8, 4) is 0 Å². The van der Waals surface area contributed by atoms with Crippen LogP contribution in [0.2, 0.25) is 0 Å². The Balaban J connectivity index is 1.88. The molecule has 0 aliphatic heterocycles. The summed E-state index contributed by atoms with van der Waals surface area (Å²) in [6.07, 6.45) is 2.53. The monoisotopic (exact) mass is 394 g/mol. The molecule has 0 heterocycles. The number of amides is 3. The quantitative estimate of drug-likeness (QED) is 0.441. The van der Waals surface area contributed by atoms with Crippen LogP contribution < -0.4 is 21.7 Å². The number of nitrogens with one attached hydrogen (secondary N) is 4. The molecule has 0 aliphatic rings. The normalized spacial score (nSPS) is 11.1. The van der Waals surface area contributed by atoms with Gasteiger partial charge in [-0.2, -0.15) is 0 Å². The van der Waals surface area contributed by atoms with E-state index in [4.69, 9.17) is 11.1 Å². The summed E-state index contributed by atoms with van der Waals surface area (Å²) >= 11 is 0. The molecule has 0 saturated heterocycles. The molecule has 0 bridgehead atoms. The highest BCUT2D eigenvalue weighted by molar-refractivity contribution is 6.08. The summed E-state index contributed by atoms with van der Waals surface area (Å²) < 4.78 is 0. The fourth-order valence-electron chi connectivity index (χ4n) is 2.58. The van der Waals surface area contributed by atoms with Crippen molar-refractivity contribution >= 4 is 35.1 Å². The lowest BCUT2D eigenvalue weighted by atomic mass is 10.1. The summed E-state index contributed by atoms with van der Waals surface area (Å²) in [5.41, 5.74) is 9.03. The minimum atomic E-state index is -0.346. The largest absolute Gasteiger partial charge is 0.404 e. The number of likely N-dealkylation sites (N-methyl/N-ethyl adjacent to an activating group) is 1. The van der Waals surface area contributed by atoms with Crippen LogP contribution in [0.1, 0.15) is 11.1 Å². The zero-order valence-electron chi connectivity index (χ0n) is 16.5. The van der Waals surface area contributed by atoms with Crippen molar-refractivity contribution in [1.29, 1.82) is 5.41 Å². The number of nitrogens with two attached hydrogens (primary N) is 1. The summed E-state index contributed by atoms with van der Waals surface area (Å²) in [6, 6.07) is 14.0. The Bertz CT molecular complexity index is 890. The molecule has 6 N–H and O–H groups in total. The second-order valence-electron chi connectivity index (χ2n) is 6.64. The van der Waals surface area contributed by atoms with Gasteiger partial charge in [-0.15, -0.1) is 0 Å². The first-order chi connectivity index (χ1) is 13.9. The first kappa shape index (κ1) is 21.6.